The van der Waals surface area contributed by atoms with Crippen molar-refractivity contribution >= 4 is 0 Å². The van der Waals surface area contributed by atoms with Crippen LogP contribution in [0.2, 0.25) is 0 Å². The molecule has 1 aromatic carbocycles. The Balaban J connectivity index is 2.95. The summed E-state index contributed by atoms with van der Waals surface area (Å²) in [5.41, 5.74) is 0.117. The van der Waals surface area contributed by atoms with Gasteiger partial charge in [0, 0.05) is 11.6 Å². The first-order valence-corrected chi connectivity index (χ1v) is 4.83. The van der Waals surface area contributed by atoms with Crippen LogP contribution in [0.15, 0.2) is 24.3 Å². The predicted molar refractivity (Wildman–Crippen MR) is 53.8 cm³/mol. The van der Waals surface area contributed by atoms with Gasteiger partial charge in [0.05, 0.1) is 0 Å². The Morgan fingerprint density at radius 1 is 1.12 bits per heavy atom. The summed E-state index contributed by atoms with van der Waals surface area (Å²) in [5, 5.41) is 2.93. The summed E-state index contributed by atoms with van der Waals surface area (Å²) in [6.07, 6.45) is -3.68. The third-order valence-corrected chi connectivity index (χ3v) is 2.50. The number of halogens is 4. The number of nitrogens with one attached hydrogen (secondary N) is 1. The Morgan fingerprint density at radius 3 is 2.00 bits per heavy atom. The van der Waals surface area contributed by atoms with Crippen LogP contribution in [-0.4, -0.2) is 13.5 Å². The maximum absolute atomic E-state index is 12.9. The van der Waals surface area contributed by atoms with Crippen LogP contribution in [0.3, 0.4) is 0 Å². The van der Waals surface area contributed by atoms with Crippen molar-refractivity contribution in [3.8, 4) is 0 Å². The van der Waals surface area contributed by atoms with Gasteiger partial charge in [-0.3, -0.25) is 0 Å². The molecule has 1 N–H and O–H groups in total. The number of rotatable bonds is 4. The van der Waals surface area contributed by atoms with Crippen molar-refractivity contribution < 1.29 is 17.6 Å². The van der Waals surface area contributed by atoms with E-state index in [-0.39, 0.29) is 6.04 Å². The topological polar surface area (TPSA) is 12.0 Å². The first-order chi connectivity index (χ1) is 7.39. The van der Waals surface area contributed by atoms with Crippen LogP contribution in [0.1, 0.15) is 24.1 Å². The van der Waals surface area contributed by atoms with E-state index < -0.39 is 17.9 Å². The zero-order valence-corrected chi connectivity index (χ0v) is 8.98. The van der Waals surface area contributed by atoms with Crippen LogP contribution in [0.4, 0.5) is 17.6 Å². The van der Waals surface area contributed by atoms with Crippen LogP contribution >= 0.6 is 0 Å². The van der Waals surface area contributed by atoms with E-state index in [0.717, 1.165) is 17.7 Å². The van der Waals surface area contributed by atoms with Gasteiger partial charge in [0.1, 0.15) is 0 Å². The lowest BCUT2D eigenvalue weighted by molar-refractivity contribution is -0.135. The number of hydrogen-bond donors (Lipinski definition) is 1. The minimum Gasteiger partial charge on any atom is -0.313 e. The molecular formula is C11H13F4N. The SMILES string of the molecule is CNC(C)c1ccc(C(F)(F)C(F)F)cc1. The van der Waals surface area contributed by atoms with Gasteiger partial charge in [0.15, 0.2) is 0 Å². The highest BCUT2D eigenvalue weighted by atomic mass is 19.3. The molecule has 0 aliphatic rings. The zero-order chi connectivity index (χ0) is 12.3. The quantitative estimate of drug-likeness (QED) is 0.789. The van der Waals surface area contributed by atoms with E-state index >= 15 is 0 Å². The van der Waals surface area contributed by atoms with Gasteiger partial charge in [-0.1, -0.05) is 24.3 Å². The van der Waals surface area contributed by atoms with E-state index in [4.69, 9.17) is 0 Å². The fraction of sp³-hybridized carbons (Fsp3) is 0.455. The predicted octanol–water partition coefficient (Wildman–Crippen LogP) is 3.32. The fourth-order valence-corrected chi connectivity index (χ4v) is 1.29. The Kier molecular flexibility index (Phi) is 3.91. The van der Waals surface area contributed by atoms with Crippen molar-refractivity contribution in [1.82, 2.24) is 5.32 Å². The molecule has 0 heterocycles. The minimum absolute atomic E-state index is 0.00535. The Hall–Kier alpha value is -1.10. The standard InChI is InChI=1S/C11H13F4N/c1-7(16-2)8-3-5-9(6-4-8)11(14,15)10(12)13/h3-7,10,16H,1-2H3. The fourth-order valence-electron chi connectivity index (χ4n) is 1.29. The van der Waals surface area contributed by atoms with Gasteiger partial charge >= 0.3 is 12.3 Å². The summed E-state index contributed by atoms with van der Waals surface area (Å²) in [6, 6.07) is 4.92. The number of hydrogen-bond acceptors (Lipinski definition) is 1. The van der Waals surface area contributed by atoms with Crippen LogP contribution < -0.4 is 5.32 Å². The van der Waals surface area contributed by atoms with Crippen LogP contribution in [0.5, 0.6) is 0 Å². The van der Waals surface area contributed by atoms with Gasteiger partial charge in [0.25, 0.3) is 0 Å². The van der Waals surface area contributed by atoms with Crippen LogP contribution in [-0.2, 0) is 5.92 Å². The highest BCUT2D eigenvalue weighted by molar-refractivity contribution is 5.27. The first-order valence-electron chi connectivity index (χ1n) is 4.83. The second-order valence-electron chi connectivity index (χ2n) is 3.56. The maximum atomic E-state index is 12.9. The molecule has 0 fully saturated rings. The second kappa shape index (κ2) is 4.82. The van der Waals surface area contributed by atoms with Gasteiger partial charge < -0.3 is 5.32 Å². The zero-order valence-electron chi connectivity index (χ0n) is 8.98. The van der Waals surface area contributed by atoms with Gasteiger partial charge in [-0.25, -0.2) is 8.78 Å². The lowest BCUT2D eigenvalue weighted by atomic mass is 10.0. The lowest BCUT2D eigenvalue weighted by Gasteiger charge is -2.17. The first kappa shape index (κ1) is 13.0. The van der Waals surface area contributed by atoms with E-state index in [1.807, 2.05) is 6.92 Å². The van der Waals surface area contributed by atoms with E-state index in [9.17, 15) is 17.6 Å². The molecule has 0 aromatic heterocycles. The molecule has 1 rings (SSSR count). The van der Waals surface area contributed by atoms with Gasteiger partial charge in [-0.15, -0.1) is 0 Å². The molecule has 0 aliphatic carbocycles. The van der Waals surface area contributed by atoms with E-state index in [1.165, 1.54) is 12.1 Å². The van der Waals surface area contributed by atoms with Crippen molar-refractivity contribution in [1.29, 1.82) is 0 Å². The number of benzene rings is 1. The molecule has 1 nitrogen and oxygen atoms in total. The summed E-state index contributed by atoms with van der Waals surface area (Å²) < 4.78 is 50.0. The second-order valence-corrected chi connectivity index (χ2v) is 3.56. The van der Waals surface area contributed by atoms with Crippen LogP contribution in [0, 0.1) is 0 Å². The van der Waals surface area contributed by atoms with Gasteiger partial charge in [-0.05, 0) is 19.5 Å². The van der Waals surface area contributed by atoms with Crippen molar-refractivity contribution in [2.45, 2.75) is 25.3 Å². The molecule has 0 spiro atoms. The summed E-state index contributed by atoms with van der Waals surface area (Å²) >= 11 is 0. The smallest absolute Gasteiger partial charge is 0.313 e. The summed E-state index contributed by atoms with van der Waals surface area (Å²) in [4.78, 5) is 0. The molecule has 0 amide bonds. The molecule has 1 atom stereocenters. The van der Waals surface area contributed by atoms with E-state index in [0.29, 0.717) is 0 Å². The third kappa shape index (κ3) is 2.52. The normalized spacial score (nSPS) is 14.2. The molecule has 0 saturated carbocycles. The molecule has 0 saturated heterocycles. The minimum atomic E-state index is -4.08. The molecule has 0 aliphatic heterocycles. The highest BCUT2D eigenvalue weighted by Gasteiger charge is 2.42. The third-order valence-electron chi connectivity index (χ3n) is 2.50. The largest absolute Gasteiger partial charge is 0.332 e. The average Bonchev–Trinajstić information content (AvgIpc) is 2.28. The Labute approximate surface area is 91.5 Å². The molecular weight excluding hydrogens is 222 g/mol. The molecule has 0 bridgehead atoms. The van der Waals surface area contributed by atoms with E-state index in [1.54, 1.807) is 7.05 Å². The summed E-state index contributed by atoms with van der Waals surface area (Å²) in [7, 11) is 1.73. The molecule has 90 valence electrons. The Bertz CT molecular complexity index is 334. The van der Waals surface area contributed by atoms with Crippen molar-refractivity contribution in [3.63, 3.8) is 0 Å². The maximum Gasteiger partial charge on any atom is 0.332 e. The van der Waals surface area contributed by atoms with E-state index in [2.05, 4.69) is 5.32 Å². The molecule has 5 heteroatoms. The molecule has 1 unspecified atom stereocenters. The molecule has 1 aromatic rings. The van der Waals surface area contributed by atoms with Crippen molar-refractivity contribution in [2.75, 3.05) is 7.05 Å². The summed E-state index contributed by atoms with van der Waals surface area (Å²) in [6.45, 7) is 1.85. The summed E-state index contributed by atoms with van der Waals surface area (Å²) in [5.74, 6) is -4.08. The van der Waals surface area contributed by atoms with Crippen molar-refractivity contribution in [3.05, 3.63) is 35.4 Å². The molecule has 0 radical (unpaired) electrons. The molecule has 16 heavy (non-hydrogen) atoms. The van der Waals surface area contributed by atoms with Gasteiger partial charge in [0.2, 0.25) is 0 Å². The monoisotopic (exact) mass is 235 g/mol. The van der Waals surface area contributed by atoms with Gasteiger partial charge in [-0.2, -0.15) is 8.78 Å². The highest BCUT2D eigenvalue weighted by Crippen LogP contribution is 2.34. The van der Waals surface area contributed by atoms with Crippen LogP contribution in [0.25, 0.3) is 0 Å². The van der Waals surface area contributed by atoms with Crippen molar-refractivity contribution in [2.24, 2.45) is 0 Å². The lowest BCUT2D eigenvalue weighted by Crippen LogP contribution is -2.23. The Morgan fingerprint density at radius 2 is 1.62 bits per heavy atom. The number of alkyl halides is 4. The average molecular weight is 235 g/mol.